The normalized spacial score (nSPS) is 22.1. The molecule has 0 bridgehead atoms. The lowest BCUT2D eigenvalue weighted by atomic mass is 10.0. The van der Waals surface area contributed by atoms with E-state index in [4.69, 9.17) is 9.47 Å². The molecule has 0 spiro atoms. The minimum absolute atomic E-state index is 0.131. The molecule has 0 saturated carbocycles. The zero-order chi connectivity index (χ0) is 13.8. The van der Waals surface area contributed by atoms with Gasteiger partial charge in [-0.05, 0) is 40.5 Å². The van der Waals surface area contributed by atoms with E-state index in [1.165, 1.54) is 0 Å². The number of nitrogens with one attached hydrogen (secondary N) is 1. The van der Waals surface area contributed by atoms with Crippen LogP contribution in [0.2, 0.25) is 0 Å². The zero-order valence-electron chi connectivity index (χ0n) is 11.6. The highest BCUT2D eigenvalue weighted by Crippen LogP contribution is 2.14. The van der Waals surface area contributed by atoms with Crippen molar-refractivity contribution in [1.29, 1.82) is 0 Å². The van der Waals surface area contributed by atoms with Gasteiger partial charge in [-0.3, -0.25) is 4.79 Å². The van der Waals surface area contributed by atoms with Gasteiger partial charge in [-0.2, -0.15) is 0 Å². The molecule has 0 aromatic rings. The van der Waals surface area contributed by atoms with Crippen LogP contribution in [0.4, 0.5) is 0 Å². The molecule has 0 radical (unpaired) electrons. The van der Waals surface area contributed by atoms with Gasteiger partial charge in [0.25, 0.3) is 0 Å². The Morgan fingerprint density at radius 1 is 1.39 bits per heavy atom. The molecule has 1 aliphatic heterocycles. The average Bonchev–Trinajstić information content (AvgIpc) is 2.27. The molecule has 1 N–H and O–H groups in total. The Morgan fingerprint density at radius 3 is 2.56 bits per heavy atom. The van der Waals surface area contributed by atoms with Gasteiger partial charge in [-0.25, -0.2) is 4.79 Å². The van der Waals surface area contributed by atoms with E-state index in [0.29, 0.717) is 13.2 Å². The summed E-state index contributed by atoms with van der Waals surface area (Å²) < 4.78 is 10.5. The summed E-state index contributed by atoms with van der Waals surface area (Å²) in [4.78, 5) is 23.6. The first-order valence-electron chi connectivity index (χ1n) is 6.40. The fourth-order valence-corrected chi connectivity index (χ4v) is 1.73. The fraction of sp³-hybridized carbons (Fsp3) is 0.846. The molecular formula is C13H23NO4. The third-order valence-corrected chi connectivity index (χ3v) is 2.65. The second-order valence-electron chi connectivity index (χ2n) is 5.68. The molecule has 0 aliphatic carbocycles. The molecule has 18 heavy (non-hydrogen) atoms. The summed E-state index contributed by atoms with van der Waals surface area (Å²) in [5.41, 5.74) is -0.538. The fourth-order valence-electron chi connectivity index (χ4n) is 1.73. The van der Waals surface area contributed by atoms with Crippen molar-refractivity contribution in [2.45, 2.75) is 52.2 Å². The van der Waals surface area contributed by atoms with Crippen LogP contribution in [-0.2, 0) is 19.1 Å². The topological polar surface area (TPSA) is 64.6 Å². The van der Waals surface area contributed by atoms with E-state index in [0.717, 1.165) is 12.8 Å². The van der Waals surface area contributed by atoms with E-state index in [2.05, 4.69) is 5.32 Å². The van der Waals surface area contributed by atoms with E-state index in [-0.39, 0.29) is 11.8 Å². The number of carbonyl (C=O) groups excluding carboxylic acids is 2. The Hall–Kier alpha value is -1.10. The summed E-state index contributed by atoms with van der Waals surface area (Å²) in [6.07, 6.45) is 1.70. The molecular weight excluding hydrogens is 234 g/mol. The van der Waals surface area contributed by atoms with Gasteiger partial charge in [0.1, 0.15) is 11.6 Å². The summed E-state index contributed by atoms with van der Waals surface area (Å²) >= 11 is 0. The van der Waals surface area contributed by atoms with E-state index in [1.54, 1.807) is 27.7 Å². The number of hydrogen-bond donors (Lipinski definition) is 1. The van der Waals surface area contributed by atoms with Crippen molar-refractivity contribution < 1.29 is 19.1 Å². The molecule has 1 fully saturated rings. The van der Waals surface area contributed by atoms with Crippen LogP contribution >= 0.6 is 0 Å². The highest BCUT2D eigenvalue weighted by Gasteiger charge is 2.27. The lowest BCUT2D eigenvalue weighted by Gasteiger charge is -2.25. The third-order valence-electron chi connectivity index (χ3n) is 2.65. The van der Waals surface area contributed by atoms with Crippen LogP contribution in [0, 0.1) is 5.92 Å². The Balaban J connectivity index is 2.41. The molecule has 1 amide bonds. The van der Waals surface area contributed by atoms with Gasteiger partial charge in [-0.15, -0.1) is 0 Å². The number of carbonyl (C=O) groups is 2. The monoisotopic (exact) mass is 257 g/mol. The van der Waals surface area contributed by atoms with Gasteiger partial charge in [0.05, 0.1) is 12.5 Å². The molecule has 1 heterocycles. The first kappa shape index (κ1) is 15.0. The van der Waals surface area contributed by atoms with Crippen LogP contribution in [-0.4, -0.2) is 36.7 Å². The summed E-state index contributed by atoms with van der Waals surface area (Å²) in [5, 5.41) is 2.68. The standard InChI is InChI=1S/C13H23NO4/c1-9(12(16)18-13(2,3)4)14-11(15)10-6-5-7-17-8-10/h9-10H,5-8H2,1-4H3,(H,14,15)/t9-,10?/m0/s1. The third kappa shape index (κ3) is 5.04. The Kier molecular flexibility index (Phi) is 5.14. The summed E-state index contributed by atoms with van der Waals surface area (Å²) in [6, 6.07) is -0.626. The Labute approximate surface area is 108 Å². The van der Waals surface area contributed by atoms with Gasteiger partial charge in [0.15, 0.2) is 0 Å². The van der Waals surface area contributed by atoms with Crippen LogP contribution in [0.5, 0.6) is 0 Å². The predicted octanol–water partition coefficient (Wildman–Crippen LogP) is 1.26. The van der Waals surface area contributed by atoms with Crippen LogP contribution in [0.1, 0.15) is 40.5 Å². The lowest BCUT2D eigenvalue weighted by molar-refractivity contribution is -0.158. The van der Waals surface area contributed by atoms with Crippen molar-refractivity contribution in [2.75, 3.05) is 13.2 Å². The maximum Gasteiger partial charge on any atom is 0.328 e. The van der Waals surface area contributed by atoms with Crippen molar-refractivity contribution in [3.8, 4) is 0 Å². The van der Waals surface area contributed by atoms with Gasteiger partial charge in [0, 0.05) is 6.61 Å². The van der Waals surface area contributed by atoms with Gasteiger partial charge >= 0.3 is 5.97 Å². The largest absolute Gasteiger partial charge is 0.458 e. The molecule has 5 heteroatoms. The minimum atomic E-state index is -0.626. The number of hydrogen-bond acceptors (Lipinski definition) is 4. The quantitative estimate of drug-likeness (QED) is 0.773. The molecule has 1 aliphatic rings. The second kappa shape index (κ2) is 6.18. The van der Waals surface area contributed by atoms with Crippen molar-refractivity contribution in [2.24, 2.45) is 5.92 Å². The van der Waals surface area contributed by atoms with Crippen LogP contribution in [0.15, 0.2) is 0 Å². The Bertz CT molecular complexity index is 303. The average molecular weight is 257 g/mol. The molecule has 2 atom stereocenters. The number of ether oxygens (including phenoxy) is 2. The van der Waals surface area contributed by atoms with E-state index >= 15 is 0 Å². The summed E-state index contributed by atoms with van der Waals surface area (Å²) in [7, 11) is 0. The van der Waals surface area contributed by atoms with E-state index in [1.807, 2.05) is 0 Å². The highest BCUT2D eigenvalue weighted by atomic mass is 16.6. The van der Waals surface area contributed by atoms with Crippen molar-refractivity contribution >= 4 is 11.9 Å². The summed E-state index contributed by atoms with van der Waals surface area (Å²) in [5.74, 6) is -0.690. The first-order valence-corrected chi connectivity index (χ1v) is 6.40. The molecule has 104 valence electrons. The number of amides is 1. The van der Waals surface area contributed by atoms with Gasteiger partial charge < -0.3 is 14.8 Å². The molecule has 0 aromatic carbocycles. The first-order chi connectivity index (χ1) is 8.29. The Morgan fingerprint density at radius 2 is 2.06 bits per heavy atom. The van der Waals surface area contributed by atoms with E-state index in [9.17, 15) is 9.59 Å². The maximum atomic E-state index is 11.9. The lowest BCUT2D eigenvalue weighted by Crippen LogP contribution is -2.45. The second-order valence-corrected chi connectivity index (χ2v) is 5.68. The van der Waals surface area contributed by atoms with Crippen LogP contribution < -0.4 is 5.32 Å². The van der Waals surface area contributed by atoms with Crippen LogP contribution in [0.3, 0.4) is 0 Å². The highest BCUT2D eigenvalue weighted by molar-refractivity contribution is 5.85. The van der Waals surface area contributed by atoms with Crippen molar-refractivity contribution in [3.63, 3.8) is 0 Å². The SMILES string of the molecule is C[C@H](NC(=O)C1CCCOC1)C(=O)OC(C)(C)C. The van der Waals surface area contributed by atoms with Gasteiger partial charge in [0.2, 0.25) is 5.91 Å². The number of rotatable bonds is 3. The molecule has 1 saturated heterocycles. The minimum Gasteiger partial charge on any atom is -0.458 e. The smallest absolute Gasteiger partial charge is 0.328 e. The maximum absolute atomic E-state index is 11.9. The number of esters is 1. The molecule has 5 nitrogen and oxygen atoms in total. The molecule has 1 unspecified atom stereocenters. The predicted molar refractivity (Wildman–Crippen MR) is 67.0 cm³/mol. The van der Waals surface area contributed by atoms with Crippen molar-refractivity contribution in [3.05, 3.63) is 0 Å². The zero-order valence-corrected chi connectivity index (χ0v) is 11.6. The summed E-state index contributed by atoms with van der Waals surface area (Å²) in [6.45, 7) is 8.19. The van der Waals surface area contributed by atoms with Crippen LogP contribution in [0.25, 0.3) is 0 Å². The molecule has 1 rings (SSSR count). The molecule has 0 aromatic heterocycles. The van der Waals surface area contributed by atoms with Gasteiger partial charge in [-0.1, -0.05) is 0 Å². The van der Waals surface area contributed by atoms with Crippen molar-refractivity contribution in [1.82, 2.24) is 5.32 Å². The van der Waals surface area contributed by atoms with E-state index < -0.39 is 17.6 Å².